The standard InChI is InChI=1S/C19H18N4O5.C2H2O4/c1-22-16(12-4-3-5-14(6-12)26-2)10-21-19(22)20-9-13-7-17-18(28-11-27-17)8-15(13)23(24)25;3-1(4)2(5)6/h3-8,10H,9,11H2,1-2H3,(H,20,21);(H,3,4)(H,5,6). The van der Waals surface area contributed by atoms with Crippen molar-refractivity contribution in [3.05, 3.63) is 58.3 Å². The topological polar surface area (TPSA) is 175 Å². The van der Waals surface area contributed by atoms with Crippen LogP contribution in [0.3, 0.4) is 0 Å². The second kappa shape index (κ2) is 10.2. The summed E-state index contributed by atoms with van der Waals surface area (Å²) >= 11 is 0. The highest BCUT2D eigenvalue weighted by atomic mass is 16.7. The molecule has 2 heterocycles. The molecule has 13 nitrogen and oxygen atoms in total. The number of ether oxygens (including phenoxy) is 3. The number of carboxylic acid groups (broad SMARTS) is 2. The van der Waals surface area contributed by atoms with Gasteiger partial charge in [-0.1, -0.05) is 12.1 Å². The van der Waals surface area contributed by atoms with E-state index < -0.39 is 16.9 Å². The largest absolute Gasteiger partial charge is 0.497 e. The molecular formula is C21H20N4O9. The molecule has 3 aromatic rings. The van der Waals surface area contributed by atoms with Gasteiger partial charge in [-0.25, -0.2) is 14.6 Å². The van der Waals surface area contributed by atoms with Crippen molar-refractivity contribution in [1.82, 2.24) is 9.55 Å². The number of carbonyl (C=O) groups is 2. The number of nitrogens with one attached hydrogen (secondary N) is 1. The Kier molecular flexibility index (Phi) is 7.16. The van der Waals surface area contributed by atoms with Crippen LogP contribution in [0.15, 0.2) is 42.6 Å². The van der Waals surface area contributed by atoms with Crippen molar-refractivity contribution in [2.45, 2.75) is 6.54 Å². The normalized spacial score (nSPS) is 11.2. The van der Waals surface area contributed by atoms with Crippen LogP contribution in [-0.2, 0) is 23.2 Å². The van der Waals surface area contributed by atoms with Gasteiger partial charge < -0.3 is 34.3 Å². The Hall–Kier alpha value is -4.81. The number of carboxylic acids is 2. The third-order valence-corrected chi connectivity index (χ3v) is 4.74. The van der Waals surface area contributed by atoms with Gasteiger partial charge in [0.2, 0.25) is 12.7 Å². The summed E-state index contributed by atoms with van der Waals surface area (Å²) in [7, 11) is 3.49. The fraction of sp³-hybridized carbons (Fsp3) is 0.190. The Bertz CT molecular complexity index is 1230. The highest BCUT2D eigenvalue weighted by molar-refractivity contribution is 6.27. The smallest absolute Gasteiger partial charge is 0.414 e. The first-order valence-electron chi connectivity index (χ1n) is 9.64. The lowest BCUT2D eigenvalue weighted by atomic mass is 10.1. The predicted molar refractivity (Wildman–Crippen MR) is 117 cm³/mol. The lowest BCUT2D eigenvalue weighted by Crippen LogP contribution is -2.09. The fourth-order valence-electron chi connectivity index (χ4n) is 3.08. The summed E-state index contributed by atoms with van der Waals surface area (Å²) < 4.78 is 17.7. The van der Waals surface area contributed by atoms with Crippen LogP contribution in [0.4, 0.5) is 11.6 Å². The van der Waals surface area contributed by atoms with Gasteiger partial charge in [-0.05, 0) is 18.2 Å². The van der Waals surface area contributed by atoms with Crippen LogP contribution in [0.25, 0.3) is 11.3 Å². The Morgan fingerprint density at radius 2 is 1.88 bits per heavy atom. The zero-order valence-corrected chi connectivity index (χ0v) is 18.0. The average Bonchev–Trinajstić information content (AvgIpc) is 3.43. The molecule has 0 bridgehead atoms. The number of hydrogen-bond donors (Lipinski definition) is 3. The molecule has 0 amide bonds. The molecule has 3 N–H and O–H groups in total. The summed E-state index contributed by atoms with van der Waals surface area (Å²) in [4.78, 5) is 33.6. The van der Waals surface area contributed by atoms with Gasteiger partial charge >= 0.3 is 11.9 Å². The molecule has 0 fully saturated rings. The van der Waals surface area contributed by atoms with Gasteiger partial charge in [-0.15, -0.1) is 0 Å². The minimum atomic E-state index is -1.82. The van der Waals surface area contributed by atoms with Crippen molar-refractivity contribution >= 4 is 23.6 Å². The molecule has 0 unspecified atom stereocenters. The number of rotatable bonds is 6. The van der Waals surface area contributed by atoms with Crippen molar-refractivity contribution in [3.8, 4) is 28.5 Å². The maximum atomic E-state index is 11.4. The highest BCUT2D eigenvalue weighted by Crippen LogP contribution is 2.38. The second-order valence-corrected chi connectivity index (χ2v) is 6.81. The van der Waals surface area contributed by atoms with Crippen molar-refractivity contribution in [1.29, 1.82) is 0 Å². The number of imidazole rings is 1. The first kappa shape index (κ1) is 23.8. The van der Waals surface area contributed by atoms with Crippen LogP contribution in [0.1, 0.15) is 5.56 Å². The van der Waals surface area contributed by atoms with E-state index >= 15 is 0 Å². The van der Waals surface area contributed by atoms with Gasteiger partial charge in [0.25, 0.3) is 5.69 Å². The molecule has 0 atom stereocenters. The fourth-order valence-corrected chi connectivity index (χ4v) is 3.08. The summed E-state index contributed by atoms with van der Waals surface area (Å²) in [6.07, 6.45) is 1.74. The quantitative estimate of drug-likeness (QED) is 0.273. The van der Waals surface area contributed by atoms with Gasteiger partial charge in [-0.2, -0.15) is 0 Å². The summed E-state index contributed by atoms with van der Waals surface area (Å²) in [6, 6.07) is 10.7. The number of aliphatic carboxylic acids is 2. The van der Waals surface area contributed by atoms with E-state index in [9.17, 15) is 10.1 Å². The summed E-state index contributed by atoms with van der Waals surface area (Å²) in [6.45, 7) is 0.280. The van der Waals surface area contributed by atoms with Crippen LogP contribution in [0, 0.1) is 10.1 Å². The van der Waals surface area contributed by atoms with Crippen LogP contribution < -0.4 is 19.5 Å². The molecule has 0 spiro atoms. The summed E-state index contributed by atoms with van der Waals surface area (Å²) in [5.41, 5.74) is 2.30. The van der Waals surface area contributed by atoms with E-state index in [1.54, 1.807) is 19.4 Å². The minimum absolute atomic E-state index is 0.0287. The van der Waals surface area contributed by atoms with Gasteiger partial charge in [-0.3, -0.25) is 10.1 Å². The van der Waals surface area contributed by atoms with Crippen LogP contribution >= 0.6 is 0 Å². The van der Waals surface area contributed by atoms with Crippen molar-refractivity contribution in [2.24, 2.45) is 7.05 Å². The number of fused-ring (bicyclic) bond motifs is 1. The number of nitro groups is 1. The molecule has 13 heteroatoms. The van der Waals surface area contributed by atoms with Crippen LogP contribution in [0.5, 0.6) is 17.2 Å². The minimum Gasteiger partial charge on any atom is -0.497 e. The molecule has 1 aliphatic rings. The van der Waals surface area contributed by atoms with E-state index in [2.05, 4.69) is 10.3 Å². The molecule has 0 saturated carbocycles. The average molecular weight is 472 g/mol. The Balaban J connectivity index is 0.000000481. The molecule has 178 valence electrons. The van der Waals surface area contributed by atoms with Gasteiger partial charge in [0.05, 0.1) is 35.6 Å². The van der Waals surface area contributed by atoms with E-state index in [-0.39, 0.29) is 19.0 Å². The Morgan fingerprint density at radius 3 is 2.50 bits per heavy atom. The molecule has 0 aliphatic carbocycles. The molecule has 2 aromatic carbocycles. The number of methoxy groups -OCH3 is 1. The molecule has 0 saturated heterocycles. The van der Waals surface area contributed by atoms with Crippen LogP contribution in [0.2, 0.25) is 0 Å². The van der Waals surface area contributed by atoms with Gasteiger partial charge in [0, 0.05) is 19.2 Å². The second-order valence-electron chi connectivity index (χ2n) is 6.81. The monoisotopic (exact) mass is 472 g/mol. The first-order chi connectivity index (χ1) is 16.2. The van der Waals surface area contributed by atoms with Crippen molar-refractivity contribution in [2.75, 3.05) is 19.2 Å². The SMILES string of the molecule is COc1cccc(-c2cnc(NCc3cc4c(cc3[N+](=O)[O-])OCO4)n2C)c1.O=C(O)C(=O)O. The predicted octanol–water partition coefficient (Wildman–Crippen LogP) is 2.50. The number of aromatic nitrogens is 2. The number of anilines is 1. The Morgan fingerprint density at radius 1 is 1.21 bits per heavy atom. The first-order valence-corrected chi connectivity index (χ1v) is 9.64. The zero-order chi connectivity index (χ0) is 24.8. The third-order valence-electron chi connectivity index (χ3n) is 4.74. The third kappa shape index (κ3) is 5.32. The lowest BCUT2D eigenvalue weighted by Gasteiger charge is -2.10. The van der Waals surface area contributed by atoms with Gasteiger partial charge in [0.1, 0.15) is 5.75 Å². The van der Waals surface area contributed by atoms with Crippen molar-refractivity contribution in [3.63, 3.8) is 0 Å². The van der Waals surface area contributed by atoms with E-state index in [0.717, 1.165) is 17.0 Å². The molecule has 1 aliphatic heterocycles. The summed E-state index contributed by atoms with van der Waals surface area (Å²) in [5, 5.41) is 29.3. The highest BCUT2D eigenvalue weighted by Gasteiger charge is 2.23. The van der Waals surface area contributed by atoms with E-state index in [1.807, 2.05) is 35.9 Å². The number of benzene rings is 2. The summed E-state index contributed by atoms with van der Waals surface area (Å²) in [5.74, 6) is -1.42. The molecule has 1 aromatic heterocycles. The van der Waals surface area contributed by atoms with E-state index in [1.165, 1.54) is 6.07 Å². The molecule has 0 radical (unpaired) electrons. The van der Waals surface area contributed by atoms with E-state index in [4.69, 9.17) is 34.0 Å². The maximum Gasteiger partial charge on any atom is 0.414 e. The Labute approximate surface area is 192 Å². The number of hydrogen-bond acceptors (Lipinski definition) is 9. The van der Waals surface area contributed by atoms with Crippen molar-refractivity contribution < 1.29 is 38.9 Å². The zero-order valence-electron chi connectivity index (χ0n) is 18.0. The van der Waals surface area contributed by atoms with E-state index in [0.29, 0.717) is 23.0 Å². The number of nitrogens with zero attached hydrogens (tertiary/aromatic N) is 3. The van der Waals surface area contributed by atoms with Crippen LogP contribution in [-0.4, -0.2) is 50.5 Å². The molecular weight excluding hydrogens is 452 g/mol. The van der Waals surface area contributed by atoms with Gasteiger partial charge in [0.15, 0.2) is 11.5 Å². The number of nitro benzene ring substituents is 1. The molecule has 4 rings (SSSR count). The maximum absolute atomic E-state index is 11.4. The molecule has 34 heavy (non-hydrogen) atoms. The lowest BCUT2D eigenvalue weighted by molar-refractivity contribution is -0.385.